The maximum absolute atomic E-state index is 10.3. The Morgan fingerprint density at radius 2 is 2.50 bits per heavy atom. The lowest BCUT2D eigenvalue weighted by atomic mass is 10.2. The van der Waals surface area contributed by atoms with Crippen molar-refractivity contribution in [2.75, 3.05) is 5.75 Å². The van der Waals surface area contributed by atoms with Crippen LogP contribution < -0.4 is 0 Å². The van der Waals surface area contributed by atoms with Crippen molar-refractivity contribution >= 4 is 11.9 Å². The molecule has 1 unspecified atom stereocenters. The molecule has 0 aromatic rings. The summed E-state index contributed by atoms with van der Waals surface area (Å²) in [6.07, 6.45) is 2.03. The molecule has 1 aliphatic heterocycles. The molecule has 5 heteroatoms. The van der Waals surface area contributed by atoms with E-state index in [1.54, 1.807) is 0 Å². The van der Waals surface area contributed by atoms with Crippen molar-refractivity contribution in [3.8, 4) is 0 Å². The van der Waals surface area contributed by atoms with E-state index >= 15 is 0 Å². The topological polar surface area (TPSA) is 46.4 Å². The SMILES string of the molecule is CC1CCCSN1[N+](=O)[O-]. The summed E-state index contributed by atoms with van der Waals surface area (Å²) in [7, 11) is 0. The highest BCUT2D eigenvalue weighted by Crippen LogP contribution is 2.24. The summed E-state index contributed by atoms with van der Waals surface area (Å²) in [5.41, 5.74) is 0. The van der Waals surface area contributed by atoms with Crippen LogP contribution in [0.4, 0.5) is 0 Å². The second-order valence-corrected chi connectivity index (χ2v) is 3.41. The fourth-order valence-electron chi connectivity index (χ4n) is 0.983. The quantitative estimate of drug-likeness (QED) is 0.331. The van der Waals surface area contributed by atoms with Crippen molar-refractivity contribution in [2.24, 2.45) is 0 Å². The molecule has 0 radical (unpaired) electrons. The predicted octanol–water partition coefficient (Wildman–Crippen LogP) is 1.31. The summed E-state index contributed by atoms with van der Waals surface area (Å²) in [6, 6.07) is 0.0914. The molecule has 0 amide bonds. The monoisotopic (exact) mass is 162 g/mol. The highest BCUT2D eigenvalue weighted by atomic mass is 32.2. The minimum atomic E-state index is -0.325. The third kappa shape index (κ3) is 1.53. The lowest BCUT2D eigenvalue weighted by Gasteiger charge is -2.23. The minimum Gasteiger partial charge on any atom is -0.234 e. The number of nitro groups is 1. The molecule has 10 heavy (non-hydrogen) atoms. The molecular formula is C5H10N2O2S. The maximum Gasteiger partial charge on any atom is 0.171 e. The van der Waals surface area contributed by atoms with Gasteiger partial charge in [0.2, 0.25) is 0 Å². The summed E-state index contributed by atoms with van der Waals surface area (Å²) >= 11 is 1.31. The van der Waals surface area contributed by atoms with Gasteiger partial charge in [-0.2, -0.15) is 0 Å². The fraction of sp³-hybridized carbons (Fsp3) is 1.00. The van der Waals surface area contributed by atoms with Crippen LogP contribution in [0.15, 0.2) is 0 Å². The van der Waals surface area contributed by atoms with Crippen LogP contribution in [-0.4, -0.2) is 21.2 Å². The van der Waals surface area contributed by atoms with Gasteiger partial charge in [0.1, 0.15) is 0 Å². The van der Waals surface area contributed by atoms with Gasteiger partial charge in [0.05, 0.1) is 6.04 Å². The first kappa shape index (κ1) is 7.65. The van der Waals surface area contributed by atoms with Crippen LogP contribution in [0, 0.1) is 10.1 Å². The summed E-state index contributed by atoms with van der Waals surface area (Å²) in [4.78, 5) is 10.3. The zero-order chi connectivity index (χ0) is 7.56. The Kier molecular flexibility index (Phi) is 2.37. The number of hydrogen-bond donors (Lipinski definition) is 0. The van der Waals surface area contributed by atoms with Crippen molar-refractivity contribution in [1.29, 1.82) is 0 Å². The largest absolute Gasteiger partial charge is 0.234 e. The second-order valence-electron chi connectivity index (χ2n) is 2.36. The van der Waals surface area contributed by atoms with E-state index in [-0.39, 0.29) is 11.1 Å². The van der Waals surface area contributed by atoms with E-state index in [4.69, 9.17) is 0 Å². The van der Waals surface area contributed by atoms with Crippen molar-refractivity contribution in [3.05, 3.63) is 10.1 Å². The molecule has 1 fully saturated rings. The van der Waals surface area contributed by atoms with Crippen molar-refractivity contribution < 1.29 is 5.03 Å². The molecule has 0 aromatic heterocycles. The average molecular weight is 162 g/mol. The molecule has 1 atom stereocenters. The Morgan fingerprint density at radius 1 is 1.80 bits per heavy atom. The number of hydrogen-bond acceptors (Lipinski definition) is 3. The van der Waals surface area contributed by atoms with Crippen LogP contribution in [0.3, 0.4) is 0 Å². The van der Waals surface area contributed by atoms with Gasteiger partial charge in [0.15, 0.2) is 5.03 Å². The first-order chi connectivity index (χ1) is 4.72. The summed E-state index contributed by atoms with van der Waals surface area (Å²) in [5.74, 6) is 0.880. The molecule has 1 rings (SSSR count). The van der Waals surface area contributed by atoms with E-state index in [0.717, 1.165) is 18.6 Å². The molecule has 0 bridgehead atoms. The van der Waals surface area contributed by atoms with E-state index in [2.05, 4.69) is 0 Å². The molecule has 0 saturated carbocycles. The molecule has 58 valence electrons. The van der Waals surface area contributed by atoms with Gasteiger partial charge in [0, 0.05) is 17.7 Å². The predicted molar refractivity (Wildman–Crippen MR) is 40.0 cm³/mol. The van der Waals surface area contributed by atoms with E-state index in [1.807, 2.05) is 6.92 Å². The molecule has 0 aliphatic carbocycles. The summed E-state index contributed by atoms with van der Waals surface area (Å²) in [5, 5.41) is 9.95. The zero-order valence-electron chi connectivity index (χ0n) is 5.82. The molecule has 1 heterocycles. The molecular weight excluding hydrogens is 152 g/mol. The highest BCUT2D eigenvalue weighted by molar-refractivity contribution is 7.96. The van der Waals surface area contributed by atoms with E-state index in [0.29, 0.717) is 0 Å². The van der Waals surface area contributed by atoms with Crippen LogP contribution in [0.1, 0.15) is 19.8 Å². The molecule has 4 nitrogen and oxygen atoms in total. The molecule has 0 spiro atoms. The Balaban J connectivity index is 2.47. The van der Waals surface area contributed by atoms with Crippen LogP contribution in [-0.2, 0) is 0 Å². The smallest absolute Gasteiger partial charge is 0.171 e. The van der Waals surface area contributed by atoms with E-state index in [1.165, 1.54) is 16.4 Å². The van der Waals surface area contributed by atoms with Gasteiger partial charge in [0.25, 0.3) is 0 Å². The van der Waals surface area contributed by atoms with Crippen molar-refractivity contribution in [2.45, 2.75) is 25.8 Å². The summed E-state index contributed by atoms with van der Waals surface area (Å²) in [6.45, 7) is 1.88. The Hall–Kier alpha value is -0.450. The first-order valence-corrected chi connectivity index (χ1v) is 4.22. The first-order valence-electron chi connectivity index (χ1n) is 3.28. The minimum absolute atomic E-state index is 0.0914. The third-order valence-electron chi connectivity index (χ3n) is 1.53. The zero-order valence-corrected chi connectivity index (χ0v) is 6.63. The maximum atomic E-state index is 10.3. The number of hydrazine groups is 1. The normalized spacial score (nSPS) is 26.5. The van der Waals surface area contributed by atoms with Gasteiger partial charge in [-0.05, 0) is 19.8 Å². The molecule has 1 aliphatic rings. The van der Waals surface area contributed by atoms with Crippen LogP contribution in [0.2, 0.25) is 0 Å². The summed E-state index contributed by atoms with van der Waals surface area (Å²) < 4.78 is 1.24. The third-order valence-corrected chi connectivity index (χ3v) is 2.76. The Bertz CT molecular complexity index is 142. The van der Waals surface area contributed by atoms with Crippen LogP contribution in [0.5, 0.6) is 0 Å². The number of nitrogens with zero attached hydrogens (tertiary/aromatic N) is 2. The van der Waals surface area contributed by atoms with Crippen molar-refractivity contribution in [3.63, 3.8) is 0 Å². The van der Waals surface area contributed by atoms with Crippen LogP contribution >= 0.6 is 11.9 Å². The highest BCUT2D eigenvalue weighted by Gasteiger charge is 2.26. The standard InChI is InChI=1S/C5H10N2O2S/c1-5-3-2-4-10-6(5)7(8)9/h5H,2-4H2,1H3. The number of rotatable bonds is 1. The lowest BCUT2D eigenvalue weighted by Crippen LogP contribution is -2.35. The van der Waals surface area contributed by atoms with Gasteiger partial charge >= 0.3 is 0 Å². The van der Waals surface area contributed by atoms with Crippen LogP contribution in [0.25, 0.3) is 0 Å². The van der Waals surface area contributed by atoms with Crippen molar-refractivity contribution in [1.82, 2.24) is 4.41 Å². The molecule has 1 saturated heterocycles. The van der Waals surface area contributed by atoms with E-state index < -0.39 is 0 Å². The lowest BCUT2D eigenvalue weighted by molar-refractivity contribution is -0.625. The van der Waals surface area contributed by atoms with E-state index in [9.17, 15) is 10.1 Å². The van der Waals surface area contributed by atoms with Gasteiger partial charge in [-0.1, -0.05) is 4.41 Å². The molecule has 0 aromatic carbocycles. The van der Waals surface area contributed by atoms with Gasteiger partial charge < -0.3 is 0 Å². The van der Waals surface area contributed by atoms with Gasteiger partial charge in [-0.25, -0.2) is 10.1 Å². The Morgan fingerprint density at radius 3 is 2.90 bits per heavy atom. The second kappa shape index (κ2) is 3.09. The Labute approximate surface area is 63.8 Å². The van der Waals surface area contributed by atoms with Gasteiger partial charge in [-0.3, -0.25) is 0 Å². The fourth-order valence-corrected chi connectivity index (χ4v) is 1.92. The average Bonchev–Trinajstić information content (AvgIpc) is 1.88. The van der Waals surface area contributed by atoms with Gasteiger partial charge in [-0.15, -0.1) is 0 Å². The molecule has 0 N–H and O–H groups in total.